The summed E-state index contributed by atoms with van der Waals surface area (Å²) in [4.78, 5) is 0.136. The number of rotatable bonds is 2. The molecule has 0 spiro atoms. The zero-order valence-electron chi connectivity index (χ0n) is 10.8. The van der Waals surface area contributed by atoms with Gasteiger partial charge in [0.1, 0.15) is 9.23 Å². The van der Waals surface area contributed by atoms with Gasteiger partial charge in [0, 0.05) is 19.1 Å². The highest BCUT2D eigenvalue weighted by molar-refractivity contribution is 7.89. The lowest BCUT2D eigenvalue weighted by molar-refractivity contribution is 0.271. The quantitative estimate of drug-likeness (QED) is 0.887. The number of hydrogen-bond donors (Lipinski definition) is 1. The van der Waals surface area contributed by atoms with Crippen LogP contribution in [0.3, 0.4) is 0 Å². The van der Waals surface area contributed by atoms with Crippen LogP contribution in [-0.4, -0.2) is 31.9 Å². The number of halogens is 2. The third-order valence-corrected chi connectivity index (χ3v) is 7.88. The first-order valence-electron chi connectivity index (χ1n) is 6.58. The molecule has 3 atom stereocenters. The molecule has 2 heterocycles. The Kier molecular flexibility index (Phi) is 4.07. The van der Waals surface area contributed by atoms with Gasteiger partial charge in [-0.2, -0.15) is 4.31 Å². The largest absolute Gasteiger partial charge is 0.328 e. The summed E-state index contributed by atoms with van der Waals surface area (Å²) in [5.74, 6) is 0.805. The molecule has 2 fully saturated rings. The van der Waals surface area contributed by atoms with E-state index in [9.17, 15) is 8.42 Å². The first kappa shape index (κ1) is 15.1. The van der Waals surface area contributed by atoms with Crippen LogP contribution in [0.15, 0.2) is 11.0 Å². The van der Waals surface area contributed by atoms with Crippen molar-refractivity contribution in [3.8, 4) is 0 Å². The van der Waals surface area contributed by atoms with Crippen LogP contribution in [0.1, 0.15) is 19.3 Å². The van der Waals surface area contributed by atoms with Crippen molar-refractivity contribution in [2.75, 3.05) is 13.1 Å². The number of thiophene rings is 1. The molecule has 1 aliphatic carbocycles. The van der Waals surface area contributed by atoms with Crippen LogP contribution in [-0.2, 0) is 10.0 Å². The molecule has 0 aromatic carbocycles. The Hall–Kier alpha value is 0.150. The number of nitrogens with zero attached hydrogens (tertiary/aromatic N) is 1. The van der Waals surface area contributed by atoms with Crippen LogP contribution >= 0.6 is 34.5 Å². The second kappa shape index (κ2) is 5.41. The summed E-state index contributed by atoms with van der Waals surface area (Å²) in [6, 6.07) is 1.65. The average molecular weight is 355 g/mol. The Morgan fingerprint density at radius 1 is 1.25 bits per heavy atom. The van der Waals surface area contributed by atoms with Crippen molar-refractivity contribution >= 4 is 44.6 Å². The second-order valence-corrected chi connectivity index (χ2v) is 9.80. The van der Waals surface area contributed by atoms with Gasteiger partial charge in [0.05, 0.1) is 4.34 Å². The lowest BCUT2D eigenvalue weighted by Crippen LogP contribution is -2.32. The van der Waals surface area contributed by atoms with Crippen molar-refractivity contribution in [1.82, 2.24) is 4.31 Å². The van der Waals surface area contributed by atoms with E-state index in [4.69, 9.17) is 28.9 Å². The standard InChI is InChI=1S/C12H16Cl2N2O2S2/c13-11-4-10(12(14)19-11)20(17,18)16-5-7-1-2-9(15)3-8(7)6-16/h4,7-9H,1-3,5-6,15H2/t7-,8+,9?/m1/s1. The summed E-state index contributed by atoms with van der Waals surface area (Å²) < 4.78 is 27.5. The van der Waals surface area contributed by atoms with E-state index in [-0.39, 0.29) is 15.3 Å². The van der Waals surface area contributed by atoms with E-state index in [0.29, 0.717) is 29.3 Å². The zero-order chi connectivity index (χ0) is 14.5. The van der Waals surface area contributed by atoms with Crippen molar-refractivity contribution in [3.63, 3.8) is 0 Å². The first-order chi connectivity index (χ1) is 9.38. The van der Waals surface area contributed by atoms with Gasteiger partial charge in [0.25, 0.3) is 0 Å². The minimum Gasteiger partial charge on any atom is -0.328 e. The molecule has 20 heavy (non-hydrogen) atoms. The van der Waals surface area contributed by atoms with Gasteiger partial charge < -0.3 is 5.73 Å². The molecule has 1 saturated heterocycles. The third kappa shape index (κ3) is 2.62. The van der Waals surface area contributed by atoms with Crippen molar-refractivity contribution in [2.24, 2.45) is 17.6 Å². The molecule has 1 unspecified atom stereocenters. The molecule has 1 saturated carbocycles. The maximum atomic E-state index is 12.7. The van der Waals surface area contributed by atoms with E-state index in [2.05, 4.69) is 0 Å². The minimum atomic E-state index is -3.54. The molecule has 2 N–H and O–H groups in total. The number of sulfonamides is 1. The predicted molar refractivity (Wildman–Crippen MR) is 81.9 cm³/mol. The second-order valence-electron chi connectivity index (χ2n) is 5.60. The van der Waals surface area contributed by atoms with E-state index in [1.54, 1.807) is 4.31 Å². The topological polar surface area (TPSA) is 63.4 Å². The summed E-state index contributed by atoms with van der Waals surface area (Å²) >= 11 is 12.9. The third-order valence-electron chi connectivity index (χ3n) is 4.30. The fraction of sp³-hybridized carbons (Fsp3) is 0.667. The van der Waals surface area contributed by atoms with Gasteiger partial charge in [0.2, 0.25) is 10.0 Å². The van der Waals surface area contributed by atoms with E-state index in [1.165, 1.54) is 6.07 Å². The number of hydrogen-bond acceptors (Lipinski definition) is 4. The van der Waals surface area contributed by atoms with Gasteiger partial charge in [-0.1, -0.05) is 23.2 Å². The summed E-state index contributed by atoms with van der Waals surface area (Å²) in [7, 11) is -3.54. The van der Waals surface area contributed by atoms with Crippen molar-refractivity contribution in [2.45, 2.75) is 30.2 Å². The maximum absolute atomic E-state index is 12.7. The summed E-state index contributed by atoms with van der Waals surface area (Å²) in [5, 5.41) is 0. The molecule has 0 bridgehead atoms. The molecular weight excluding hydrogens is 339 g/mol. The van der Waals surface area contributed by atoms with Crippen LogP contribution in [0.5, 0.6) is 0 Å². The lowest BCUT2D eigenvalue weighted by Gasteiger charge is -2.28. The number of fused-ring (bicyclic) bond motifs is 1. The van der Waals surface area contributed by atoms with Crippen LogP contribution in [0.25, 0.3) is 0 Å². The molecule has 1 aromatic rings. The molecule has 2 aliphatic rings. The Labute approximate surface area is 132 Å². The summed E-state index contributed by atoms with van der Waals surface area (Å²) in [6.45, 7) is 1.12. The molecule has 112 valence electrons. The molecular formula is C12H16Cl2N2O2S2. The maximum Gasteiger partial charge on any atom is 0.245 e. The van der Waals surface area contributed by atoms with Gasteiger partial charge in [0.15, 0.2) is 0 Å². The van der Waals surface area contributed by atoms with E-state index in [0.717, 1.165) is 30.6 Å². The predicted octanol–water partition coefficient (Wildman–Crippen LogP) is 2.80. The Bertz CT molecular complexity index is 617. The zero-order valence-corrected chi connectivity index (χ0v) is 13.9. The van der Waals surface area contributed by atoms with Gasteiger partial charge in [-0.3, -0.25) is 0 Å². The van der Waals surface area contributed by atoms with Crippen LogP contribution in [0, 0.1) is 11.8 Å². The average Bonchev–Trinajstić information content (AvgIpc) is 2.92. The fourth-order valence-electron chi connectivity index (χ4n) is 3.26. The molecule has 0 amide bonds. The Morgan fingerprint density at radius 3 is 2.60 bits per heavy atom. The molecule has 1 aliphatic heterocycles. The van der Waals surface area contributed by atoms with Gasteiger partial charge >= 0.3 is 0 Å². The monoisotopic (exact) mass is 354 g/mol. The SMILES string of the molecule is NC1CC[C@@H]2CN(S(=O)(=O)c3cc(Cl)sc3Cl)C[C@@H]2C1. The normalized spacial score (nSPS) is 31.4. The Morgan fingerprint density at radius 2 is 1.95 bits per heavy atom. The summed E-state index contributed by atoms with van der Waals surface area (Å²) in [5.41, 5.74) is 5.98. The van der Waals surface area contributed by atoms with Crippen LogP contribution < -0.4 is 5.73 Å². The first-order valence-corrected chi connectivity index (χ1v) is 9.59. The van der Waals surface area contributed by atoms with Gasteiger partial charge in [-0.25, -0.2) is 8.42 Å². The smallest absolute Gasteiger partial charge is 0.245 e. The van der Waals surface area contributed by atoms with Crippen LogP contribution in [0.2, 0.25) is 8.67 Å². The summed E-state index contributed by atoms with van der Waals surface area (Å²) in [6.07, 6.45) is 2.91. The highest BCUT2D eigenvalue weighted by Gasteiger charge is 2.42. The van der Waals surface area contributed by atoms with E-state index < -0.39 is 10.0 Å². The van der Waals surface area contributed by atoms with Crippen LogP contribution in [0.4, 0.5) is 0 Å². The Balaban J connectivity index is 1.85. The van der Waals surface area contributed by atoms with Crippen molar-refractivity contribution in [3.05, 3.63) is 14.7 Å². The molecule has 0 radical (unpaired) electrons. The van der Waals surface area contributed by atoms with E-state index in [1.807, 2.05) is 0 Å². The molecule has 4 nitrogen and oxygen atoms in total. The van der Waals surface area contributed by atoms with Gasteiger partial charge in [-0.15, -0.1) is 11.3 Å². The number of nitrogens with two attached hydrogens (primary N) is 1. The molecule has 1 aromatic heterocycles. The van der Waals surface area contributed by atoms with Crippen molar-refractivity contribution in [1.29, 1.82) is 0 Å². The fourth-order valence-corrected chi connectivity index (χ4v) is 6.93. The highest BCUT2D eigenvalue weighted by atomic mass is 35.5. The lowest BCUT2D eigenvalue weighted by atomic mass is 9.79. The van der Waals surface area contributed by atoms with E-state index >= 15 is 0 Å². The highest BCUT2D eigenvalue weighted by Crippen LogP contribution is 2.41. The molecule has 8 heteroatoms. The van der Waals surface area contributed by atoms with Gasteiger partial charge in [-0.05, 0) is 37.2 Å². The molecule has 3 rings (SSSR count). The van der Waals surface area contributed by atoms with Crippen molar-refractivity contribution < 1.29 is 8.42 Å². The minimum absolute atomic E-state index is 0.136.